The molecular weight excluding hydrogens is 221 g/mol. The van der Waals surface area contributed by atoms with E-state index >= 15 is 0 Å². The summed E-state index contributed by atoms with van der Waals surface area (Å²) in [6.07, 6.45) is -3.81. The van der Waals surface area contributed by atoms with Crippen molar-refractivity contribution in [1.29, 1.82) is 0 Å². The first-order chi connectivity index (χ1) is 7.50. The van der Waals surface area contributed by atoms with Crippen molar-refractivity contribution < 1.29 is 22.7 Å². The van der Waals surface area contributed by atoms with Gasteiger partial charge in [0.05, 0.1) is 17.7 Å². The molecule has 0 unspecified atom stereocenters. The molecule has 0 N–H and O–H groups in total. The number of halogens is 3. The summed E-state index contributed by atoms with van der Waals surface area (Å²) in [6.45, 7) is 0.145. The summed E-state index contributed by atoms with van der Waals surface area (Å²) in [5.41, 5.74) is -0.840. The Hall–Kier alpha value is -1.52. The van der Waals surface area contributed by atoms with Crippen LogP contribution in [-0.2, 0) is 6.18 Å². The van der Waals surface area contributed by atoms with Gasteiger partial charge < -0.3 is 4.74 Å². The quantitative estimate of drug-likeness (QED) is 0.684. The van der Waals surface area contributed by atoms with Crippen LogP contribution >= 0.6 is 0 Å². The molecule has 2 nitrogen and oxygen atoms in total. The van der Waals surface area contributed by atoms with Crippen molar-refractivity contribution in [1.82, 2.24) is 0 Å². The Kier molecular flexibility index (Phi) is 2.61. The molecule has 0 amide bonds. The number of para-hydroxylation sites is 1. The highest BCUT2D eigenvalue weighted by Gasteiger charge is 2.36. The zero-order valence-electron chi connectivity index (χ0n) is 8.30. The van der Waals surface area contributed by atoms with Crippen molar-refractivity contribution >= 4 is 5.78 Å². The predicted octanol–water partition coefficient (Wildman–Crippen LogP) is 3.06. The average molecular weight is 230 g/mol. The monoisotopic (exact) mass is 230 g/mol. The Morgan fingerprint density at radius 3 is 2.69 bits per heavy atom. The SMILES string of the molecule is O=C1CCCOc2c1cccc2C(F)(F)F. The molecule has 1 aliphatic rings. The number of hydrogen-bond donors (Lipinski definition) is 0. The molecule has 5 heteroatoms. The zero-order valence-corrected chi connectivity index (χ0v) is 8.30. The molecule has 0 aliphatic carbocycles. The predicted molar refractivity (Wildman–Crippen MR) is 50.5 cm³/mol. The maximum Gasteiger partial charge on any atom is 0.419 e. The molecule has 1 heterocycles. The Balaban J connectivity index is 2.58. The van der Waals surface area contributed by atoms with E-state index in [1.54, 1.807) is 0 Å². The lowest BCUT2D eigenvalue weighted by Crippen LogP contribution is -2.10. The van der Waals surface area contributed by atoms with Crippen LogP contribution in [0.1, 0.15) is 28.8 Å². The number of hydrogen-bond acceptors (Lipinski definition) is 2. The molecule has 1 aliphatic heterocycles. The van der Waals surface area contributed by atoms with Crippen molar-refractivity contribution in [3.63, 3.8) is 0 Å². The molecule has 0 atom stereocenters. The standard InChI is InChI=1S/C11H9F3O2/c12-11(13,14)8-4-1-3-7-9(15)5-2-6-16-10(7)8/h1,3-4H,2,5-6H2. The van der Waals surface area contributed by atoms with E-state index in [2.05, 4.69) is 0 Å². The minimum atomic E-state index is -4.49. The van der Waals surface area contributed by atoms with Crippen molar-refractivity contribution in [3.05, 3.63) is 29.3 Å². The van der Waals surface area contributed by atoms with Crippen LogP contribution in [0.25, 0.3) is 0 Å². The number of ketones is 1. The normalized spacial score (nSPS) is 16.3. The Morgan fingerprint density at radius 1 is 1.25 bits per heavy atom. The Bertz CT molecular complexity index is 424. The minimum absolute atomic E-state index is 0.0346. The van der Waals surface area contributed by atoms with Gasteiger partial charge >= 0.3 is 6.18 Å². The highest BCUT2D eigenvalue weighted by Crippen LogP contribution is 2.39. The van der Waals surface area contributed by atoms with E-state index in [9.17, 15) is 18.0 Å². The van der Waals surface area contributed by atoms with Gasteiger partial charge in [-0.1, -0.05) is 6.07 Å². The molecular formula is C11H9F3O2. The third-order valence-electron chi connectivity index (χ3n) is 2.42. The summed E-state index contributed by atoms with van der Waals surface area (Å²) in [4.78, 5) is 11.5. The molecule has 16 heavy (non-hydrogen) atoms. The van der Waals surface area contributed by atoms with Crippen LogP contribution in [0.2, 0.25) is 0 Å². The number of carbonyl (C=O) groups excluding carboxylic acids is 1. The van der Waals surface area contributed by atoms with Gasteiger partial charge in [-0.25, -0.2) is 0 Å². The molecule has 1 aromatic carbocycles. The van der Waals surface area contributed by atoms with Gasteiger partial charge in [0, 0.05) is 6.42 Å². The first kappa shape index (κ1) is 11.0. The average Bonchev–Trinajstić information content (AvgIpc) is 2.39. The molecule has 2 rings (SSSR count). The maximum atomic E-state index is 12.6. The molecule has 0 bridgehead atoms. The fourth-order valence-electron chi connectivity index (χ4n) is 1.68. The summed E-state index contributed by atoms with van der Waals surface area (Å²) in [5, 5.41) is 0. The van der Waals surface area contributed by atoms with Crippen molar-refractivity contribution in [3.8, 4) is 5.75 Å². The van der Waals surface area contributed by atoms with Crippen LogP contribution in [0.4, 0.5) is 13.2 Å². The van der Waals surface area contributed by atoms with Crippen LogP contribution in [0, 0.1) is 0 Å². The lowest BCUT2D eigenvalue weighted by molar-refractivity contribution is -0.138. The number of carbonyl (C=O) groups is 1. The summed E-state index contributed by atoms with van der Waals surface area (Å²) in [5.74, 6) is -0.615. The minimum Gasteiger partial charge on any atom is -0.492 e. The second kappa shape index (κ2) is 3.81. The van der Waals surface area contributed by atoms with Gasteiger partial charge in [-0.15, -0.1) is 0 Å². The van der Waals surface area contributed by atoms with Crippen LogP contribution in [0.3, 0.4) is 0 Å². The fourth-order valence-corrected chi connectivity index (χ4v) is 1.68. The van der Waals surface area contributed by atoms with E-state index in [1.807, 2.05) is 0 Å². The van der Waals surface area contributed by atoms with E-state index in [4.69, 9.17) is 4.74 Å². The van der Waals surface area contributed by atoms with Gasteiger partial charge in [0.2, 0.25) is 0 Å². The van der Waals surface area contributed by atoms with Gasteiger partial charge in [-0.3, -0.25) is 4.79 Å². The van der Waals surface area contributed by atoms with Crippen molar-refractivity contribution in [2.24, 2.45) is 0 Å². The van der Waals surface area contributed by atoms with E-state index in [0.29, 0.717) is 6.42 Å². The van der Waals surface area contributed by atoms with Crippen LogP contribution in [-0.4, -0.2) is 12.4 Å². The topological polar surface area (TPSA) is 26.3 Å². The molecule has 0 saturated carbocycles. The number of Topliss-reactive ketones (excluding diaryl/α,β-unsaturated/α-hetero) is 1. The first-order valence-corrected chi connectivity index (χ1v) is 4.86. The molecule has 1 aromatic rings. The van der Waals surface area contributed by atoms with Gasteiger partial charge in [0.25, 0.3) is 0 Å². The Labute approximate surface area is 90.0 Å². The molecule has 0 aromatic heterocycles. The molecule has 86 valence electrons. The number of benzene rings is 1. The Morgan fingerprint density at radius 2 is 2.00 bits per heavy atom. The summed E-state index contributed by atoms with van der Waals surface area (Å²) in [6, 6.07) is 3.53. The zero-order chi connectivity index (χ0) is 11.8. The summed E-state index contributed by atoms with van der Waals surface area (Å²) in [7, 11) is 0. The second-order valence-corrected chi connectivity index (χ2v) is 3.56. The van der Waals surface area contributed by atoms with Crippen LogP contribution in [0.15, 0.2) is 18.2 Å². The number of ether oxygens (including phenoxy) is 1. The highest BCUT2D eigenvalue weighted by molar-refractivity contribution is 5.99. The molecule has 0 radical (unpaired) electrons. The summed E-state index contributed by atoms with van der Waals surface area (Å²) < 4.78 is 43.0. The lowest BCUT2D eigenvalue weighted by Gasteiger charge is -2.14. The van der Waals surface area contributed by atoms with Gasteiger partial charge in [0.15, 0.2) is 5.78 Å². The van der Waals surface area contributed by atoms with Crippen molar-refractivity contribution in [2.75, 3.05) is 6.61 Å². The van der Waals surface area contributed by atoms with Crippen molar-refractivity contribution in [2.45, 2.75) is 19.0 Å². The van der Waals surface area contributed by atoms with Crippen LogP contribution in [0.5, 0.6) is 5.75 Å². The molecule has 0 spiro atoms. The van der Waals surface area contributed by atoms with E-state index in [0.717, 1.165) is 6.07 Å². The van der Waals surface area contributed by atoms with E-state index in [1.165, 1.54) is 12.1 Å². The van der Waals surface area contributed by atoms with Gasteiger partial charge in [0.1, 0.15) is 5.75 Å². The maximum absolute atomic E-state index is 12.6. The van der Waals surface area contributed by atoms with Crippen LogP contribution < -0.4 is 4.74 Å². The van der Waals surface area contributed by atoms with Gasteiger partial charge in [-0.2, -0.15) is 13.2 Å². The van der Waals surface area contributed by atoms with E-state index < -0.39 is 11.7 Å². The third kappa shape index (κ3) is 1.89. The van der Waals surface area contributed by atoms with E-state index in [-0.39, 0.29) is 30.1 Å². The van der Waals surface area contributed by atoms with Gasteiger partial charge in [-0.05, 0) is 18.6 Å². The smallest absolute Gasteiger partial charge is 0.419 e. The lowest BCUT2D eigenvalue weighted by atomic mass is 10.0. The largest absolute Gasteiger partial charge is 0.492 e. The third-order valence-corrected chi connectivity index (χ3v) is 2.42. The fraction of sp³-hybridized carbons (Fsp3) is 0.364. The molecule has 0 fully saturated rings. The highest BCUT2D eigenvalue weighted by atomic mass is 19.4. The number of fused-ring (bicyclic) bond motifs is 1. The first-order valence-electron chi connectivity index (χ1n) is 4.86. The number of rotatable bonds is 0. The number of alkyl halides is 3. The second-order valence-electron chi connectivity index (χ2n) is 3.56. The summed E-state index contributed by atoms with van der Waals surface area (Å²) >= 11 is 0. The molecule has 0 saturated heterocycles.